The molecule has 0 aromatic heterocycles. The van der Waals surface area contributed by atoms with E-state index in [1.165, 1.54) is 11.1 Å². The first-order chi connectivity index (χ1) is 9.69. The summed E-state index contributed by atoms with van der Waals surface area (Å²) in [5.74, 6) is 1.07. The zero-order valence-electron chi connectivity index (χ0n) is 12.0. The van der Waals surface area contributed by atoms with Gasteiger partial charge >= 0.3 is 0 Å². The molecule has 2 fully saturated rings. The number of hydrogen-bond acceptors (Lipinski definition) is 3. The summed E-state index contributed by atoms with van der Waals surface area (Å²) in [4.78, 5) is 2.39. The van der Waals surface area contributed by atoms with E-state index in [1.807, 2.05) is 0 Å². The van der Waals surface area contributed by atoms with Crippen molar-refractivity contribution in [2.75, 3.05) is 33.4 Å². The van der Waals surface area contributed by atoms with Crippen molar-refractivity contribution in [3.05, 3.63) is 34.3 Å². The molecular formula is C16H23ClN2O. The molecule has 2 aliphatic heterocycles. The molecule has 0 bridgehead atoms. The molecule has 3 unspecified atom stereocenters. The second-order valence-corrected chi connectivity index (χ2v) is 6.54. The van der Waals surface area contributed by atoms with Crippen LogP contribution in [0.15, 0.2) is 18.2 Å². The third kappa shape index (κ3) is 2.73. The van der Waals surface area contributed by atoms with Crippen LogP contribution in [-0.2, 0) is 4.74 Å². The molecule has 0 aliphatic carbocycles. The number of nitrogens with two attached hydrogens (primary N) is 1. The molecule has 20 heavy (non-hydrogen) atoms. The average molecular weight is 295 g/mol. The molecule has 2 heterocycles. The van der Waals surface area contributed by atoms with Gasteiger partial charge in [0, 0.05) is 30.1 Å². The Hall–Kier alpha value is -0.610. The van der Waals surface area contributed by atoms with Crippen LogP contribution < -0.4 is 5.73 Å². The molecule has 0 radical (unpaired) electrons. The Bertz CT molecular complexity index is 474. The van der Waals surface area contributed by atoms with Gasteiger partial charge in [0.25, 0.3) is 0 Å². The molecule has 0 spiro atoms. The maximum Gasteiger partial charge on any atom is 0.0536 e. The fraction of sp³-hybridized carbons (Fsp3) is 0.625. The summed E-state index contributed by atoms with van der Waals surface area (Å²) in [6.45, 7) is 3.51. The van der Waals surface area contributed by atoms with E-state index in [0.717, 1.165) is 44.2 Å². The molecule has 110 valence electrons. The van der Waals surface area contributed by atoms with E-state index in [1.54, 1.807) is 0 Å². The molecule has 4 heteroatoms. The van der Waals surface area contributed by atoms with Crippen molar-refractivity contribution < 1.29 is 4.74 Å². The van der Waals surface area contributed by atoms with Gasteiger partial charge in [0.2, 0.25) is 0 Å². The number of rotatable bonds is 3. The first-order valence-corrected chi connectivity index (χ1v) is 7.84. The molecule has 3 rings (SSSR count). The van der Waals surface area contributed by atoms with Crippen LogP contribution in [0.5, 0.6) is 0 Å². The van der Waals surface area contributed by atoms with Crippen molar-refractivity contribution in [3.63, 3.8) is 0 Å². The summed E-state index contributed by atoms with van der Waals surface area (Å²) in [7, 11) is 2.17. The predicted octanol–water partition coefficient (Wildman–Crippen LogP) is 2.80. The van der Waals surface area contributed by atoms with Gasteiger partial charge in [-0.3, -0.25) is 4.90 Å². The van der Waals surface area contributed by atoms with Crippen molar-refractivity contribution in [1.82, 2.24) is 4.90 Å². The Morgan fingerprint density at radius 3 is 2.90 bits per heavy atom. The number of ether oxygens (including phenoxy) is 1. The van der Waals surface area contributed by atoms with Crippen LogP contribution in [0.3, 0.4) is 0 Å². The second kappa shape index (κ2) is 6.02. The topological polar surface area (TPSA) is 38.5 Å². The highest BCUT2D eigenvalue weighted by Crippen LogP contribution is 2.37. The van der Waals surface area contributed by atoms with Gasteiger partial charge in [0.1, 0.15) is 0 Å². The van der Waals surface area contributed by atoms with E-state index in [-0.39, 0.29) is 0 Å². The van der Waals surface area contributed by atoms with Gasteiger partial charge in [-0.25, -0.2) is 0 Å². The summed E-state index contributed by atoms with van der Waals surface area (Å²) in [6.07, 6.45) is 2.22. The lowest BCUT2D eigenvalue weighted by atomic mass is 9.94. The number of hydrogen-bond donors (Lipinski definition) is 1. The second-order valence-electron chi connectivity index (χ2n) is 6.13. The quantitative estimate of drug-likeness (QED) is 0.932. The van der Waals surface area contributed by atoms with Crippen molar-refractivity contribution in [1.29, 1.82) is 0 Å². The number of halogens is 1. The molecular weight excluding hydrogens is 272 g/mol. The fourth-order valence-electron chi connectivity index (χ4n) is 3.53. The minimum absolute atomic E-state index is 0.454. The van der Waals surface area contributed by atoms with E-state index in [4.69, 9.17) is 22.1 Å². The normalized spacial score (nSPS) is 31.1. The highest BCUT2D eigenvalue weighted by molar-refractivity contribution is 6.31. The minimum Gasteiger partial charge on any atom is -0.381 e. The highest BCUT2D eigenvalue weighted by Gasteiger charge is 2.30. The Morgan fingerprint density at radius 1 is 1.45 bits per heavy atom. The first-order valence-electron chi connectivity index (χ1n) is 7.46. The molecule has 2 N–H and O–H groups in total. The average Bonchev–Trinajstić information content (AvgIpc) is 3.07. The molecule has 3 nitrogen and oxygen atoms in total. The van der Waals surface area contributed by atoms with E-state index >= 15 is 0 Å². The molecule has 2 aliphatic rings. The summed E-state index contributed by atoms with van der Waals surface area (Å²) in [5, 5.41) is 0.891. The van der Waals surface area contributed by atoms with Crippen molar-refractivity contribution in [3.8, 4) is 0 Å². The summed E-state index contributed by atoms with van der Waals surface area (Å²) >= 11 is 6.51. The Labute approximate surface area is 126 Å². The molecule has 1 aromatic carbocycles. The molecule has 3 atom stereocenters. The maximum absolute atomic E-state index is 6.51. The van der Waals surface area contributed by atoms with Crippen LogP contribution in [0.2, 0.25) is 5.02 Å². The van der Waals surface area contributed by atoms with Crippen molar-refractivity contribution in [2.24, 2.45) is 11.7 Å². The van der Waals surface area contributed by atoms with Gasteiger partial charge < -0.3 is 10.5 Å². The highest BCUT2D eigenvalue weighted by atomic mass is 35.5. The van der Waals surface area contributed by atoms with E-state index in [2.05, 4.69) is 30.1 Å². The van der Waals surface area contributed by atoms with Crippen LogP contribution in [0, 0.1) is 5.92 Å². The summed E-state index contributed by atoms with van der Waals surface area (Å²) in [5.41, 5.74) is 8.36. The first kappa shape index (κ1) is 14.3. The maximum atomic E-state index is 6.51. The molecule has 1 aromatic rings. The Morgan fingerprint density at radius 2 is 2.30 bits per heavy atom. The SMILES string of the molecule is CN1CC(CN)CC1c1ccc(C2CCOC2)c(Cl)c1. The van der Waals surface area contributed by atoms with Gasteiger partial charge in [0.15, 0.2) is 0 Å². The lowest BCUT2D eigenvalue weighted by Crippen LogP contribution is -2.20. The van der Waals surface area contributed by atoms with Crippen LogP contribution in [0.25, 0.3) is 0 Å². The van der Waals surface area contributed by atoms with Crippen molar-refractivity contribution in [2.45, 2.75) is 24.8 Å². The van der Waals surface area contributed by atoms with E-state index < -0.39 is 0 Å². The summed E-state index contributed by atoms with van der Waals surface area (Å²) < 4.78 is 5.46. The van der Waals surface area contributed by atoms with E-state index in [0.29, 0.717) is 17.9 Å². The lowest BCUT2D eigenvalue weighted by Gasteiger charge is -2.21. The zero-order chi connectivity index (χ0) is 14.1. The third-order valence-corrected chi connectivity index (χ3v) is 5.07. The summed E-state index contributed by atoms with van der Waals surface area (Å²) in [6, 6.07) is 7.03. The fourth-order valence-corrected chi connectivity index (χ4v) is 3.87. The van der Waals surface area contributed by atoms with Crippen LogP contribution in [0.4, 0.5) is 0 Å². The molecule has 2 saturated heterocycles. The van der Waals surface area contributed by atoms with Crippen LogP contribution in [-0.4, -0.2) is 38.3 Å². The predicted molar refractivity (Wildman–Crippen MR) is 82.2 cm³/mol. The minimum atomic E-state index is 0.454. The molecule has 0 saturated carbocycles. The van der Waals surface area contributed by atoms with Gasteiger partial charge in [-0.1, -0.05) is 23.7 Å². The molecule has 0 amide bonds. The van der Waals surface area contributed by atoms with Crippen LogP contribution in [0.1, 0.15) is 35.9 Å². The largest absolute Gasteiger partial charge is 0.381 e. The Kier molecular flexibility index (Phi) is 4.32. The van der Waals surface area contributed by atoms with Gasteiger partial charge in [-0.15, -0.1) is 0 Å². The Balaban J connectivity index is 1.79. The van der Waals surface area contributed by atoms with E-state index in [9.17, 15) is 0 Å². The van der Waals surface area contributed by atoms with Crippen molar-refractivity contribution >= 4 is 11.6 Å². The smallest absolute Gasteiger partial charge is 0.0536 e. The van der Waals surface area contributed by atoms with Crippen LogP contribution >= 0.6 is 11.6 Å². The monoisotopic (exact) mass is 294 g/mol. The van der Waals surface area contributed by atoms with Gasteiger partial charge in [0.05, 0.1) is 6.61 Å². The lowest BCUT2D eigenvalue weighted by molar-refractivity contribution is 0.194. The number of nitrogens with zero attached hydrogens (tertiary/aromatic N) is 1. The number of benzene rings is 1. The third-order valence-electron chi connectivity index (χ3n) is 4.75. The van der Waals surface area contributed by atoms with Gasteiger partial charge in [-0.2, -0.15) is 0 Å². The standard InChI is InChI=1S/C16H23ClN2O/c1-19-9-11(8-18)6-16(19)12-2-3-14(15(17)7-12)13-4-5-20-10-13/h2-3,7,11,13,16H,4-6,8-10,18H2,1H3. The number of likely N-dealkylation sites (tertiary alicyclic amines) is 1. The zero-order valence-corrected chi connectivity index (χ0v) is 12.8. The van der Waals surface area contributed by atoms with Gasteiger partial charge in [-0.05, 0) is 49.5 Å².